The lowest BCUT2D eigenvalue weighted by Crippen LogP contribution is -2.49. The number of aromatic nitrogens is 1. The zero-order valence-corrected chi connectivity index (χ0v) is 20.8. The van der Waals surface area contributed by atoms with Gasteiger partial charge in [-0.05, 0) is 63.1 Å². The largest absolute Gasteiger partial charge is 0.380 e. The Kier molecular flexibility index (Phi) is 6.90. The molecule has 8 heteroatoms. The van der Waals surface area contributed by atoms with E-state index in [9.17, 15) is 9.59 Å². The van der Waals surface area contributed by atoms with E-state index in [0.717, 1.165) is 56.8 Å². The van der Waals surface area contributed by atoms with Crippen molar-refractivity contribution in [2.75, 3.05) is 62.6 Å². The minimum atomic E-state index is 0.0169. The summed E-state index contributed by atoms with van der Waals surface area (Å²) in [5.41, 5.74) is 2.32. The third-order valence-electron chi connectivity index (χ3n) is 7.14. The number of benzene rings is 1. The molecule has 35 heavy (non-hydrogen) atoms. The van der Waals surface area contributed by atoms with Crippen LogP contribution in [0.5, 0.6) is 0 Å². The van der Waals surface area contributed by atoms with E-state index in [-0.39, 0.29) is 11.8 Å². The summed E-state index contributed by atoms with van der Waals surface area (Å²) >= 11 is 0. The van der Waals surface area contributed by atoms with Crippen LogP contribution in [0.2, 0.25) is 0 Å². The fourth-order valence-electron chi connectivity index (χ4n) is 5.04. The van der Waals surface area contributed by atoms with E-state index in [4.69, 9.17) is 0 Å². The first-order valence-corrected chi connectivity index (χ1v) is 12.9. The normalized spacial score (nSPS) is 19.2. The van der Waals surface area contributed by atoms with Crippen LogP contribution < -0.4 is 10.2 Å². The number of piperazine rings is 2. The second kappa shape index (κ2) is 10.2. The van der Waals surface area contributed by atoms with Crippen molar-refractivity contribution in [3.63, 3.8) is 0 Å². The van der Waals surface area contributed by atoms with Crippen molar-refractivity contribution in [1.29, 1.82) is 0 Å². The van der Waals surface area contributed by atoms with E-state index < -0.39 is 0 Å². The second-order valence-corrected chi connectivity index (χ2v) is 10.1. The summed E-state index contributed by atoms with van der Waals surface area (Å²) < 4.78 is 0. The lowest BCUT2D eigenvalue weighted by atomic mass is 10.1. The molecule has 2 saturated heterocycles. The van der Waals surface area contributed by atoms with Crippen LogP contribution >= 0.6 is 0 Å². The van der Waals surface area contributed by atoms with Crippen LogP contribution in [0.25, 0.3) is 0 Å². The first kappa shape index (κ1) is 23.6. The van der Waals surface area contributed by atoms with Gasteiger partial charge in [-0.3, -0.25) is 14.5 Å². The number of nitrogens with zero attached hydrogens (tertiary/aromatic N) is 5. The molecule has 5 rings (SSSR count). The number of hydrogen-bond acceptors (Lipinski definition) is 6. The Morgan fingerprint density at radius 1 is 0.829 bits per heavy atom. The van der Waals surface area contributed by atoms with Crippen LogP contribution in [0, 0.1) is 0 Å². The van der Waals surface area contributed by atoms with Gasteiger partial charge in [0.1, 0.15) is 0 Å². The highest BCUT2D eigenvalue weighted by Gasteiger charge is 2.32. The van der Waals surface area contributed by atoms with Crippen LogP contribution in [-0.2, 0) is 0 Å². The molecule has 2 amide bonds. The zero-order valence-electron chi connectivity index (χ0n) is 20.8. The minimum Gasteiger partial charge on any atom is -0.380 e. The number of carbonyl (C=O) groups is 2. The lowest BCUT2D eigenvalue weighted by Gasteiger charge is -2.36. The minimum absolute atomic E-state index is 0.0169. The molecule has 3 fully saturated rings. The van der Waals surface area contributed by atoms with Gasteiger partial charge < -0.3 is 20.0 Å². The van der Waals surface area contributed by atoms with Gasteiger partial charge in [-0.2, -0.15) is 0 Å². The Hall–Kier alpha value is -3.13. The van der Waals surface area contributed by atoms with Crippen LogP contribution in [0.3, 0.4) is 0 Å². The van der Waals surface area contributed by atoms with Gasteiger partial charge in [0.15, 0.2) is 5.82 Å². The molecule has 0 radical (unpaired) electrons. The molecule has 3 heterocycles. The molecule has 3 aliphatic rings. The van der Waals surface area contributed by atoms with E-state index in [2.05, 4.69) is 40.0 Å². The number of hydrogen-bond donors (Lipinski definition) is 1. The molecule has 0 atom stereocenters. The molecule has 1 aliphatic carbocycles. The molecular formula is C27H36N6O2. The van der Waals surface area contributed by atoms with Gasteiger partial charge in [0.05, 0.1) is 5.69 Å². The van der Waals surface area contributed by atoms with E-state index in [1.165, 1.54) is 12.8 Å². The van der Waals surface area contributed by atoms with Crippen molar-refractivity contribution in [2.24, 2.45) is 0 Å². The van der Waals surface area contributed by atoms with Crippen LogP contribution in [0.1, 0.15) is 47.4 Å². The summed E-state index contributed by atoms with van der Waals surface area (Å²) in [4.78, 5) is 39.2. The van der Waals surface area contributed by atoms with Crippen molar-refractivity contribution in [3.8, 4) is 0 Å². The van der Waals surface area contributed by atoms with Crippen LogP contribution in [0.4, 0.5) is 11.5 Å². The monoisotopic (exact) mass is 476 g/mol. The fraction of sp³-hybridized carbons (Fsp3) is 0.519. The van der Waals surface area contributed by atoms with E-state index in [1.807, 2.05) is 22.1 Å². The summed E-state index contributed by atoms with van der Waals surface area (Å²) in [6.45, 7) is 10.5. The molecule has 1 N–H and O–H groups in total. The Labute approximate surface area is 207 Å². The third-order valence-corrected chi connectivity index (χ3v) is 7.14. The Morgan fingerprint density at radius 2 is 1.37 bits per heavy atom. The molecular weight excluding hydrogens is 440 g/mol. The summed E-state index contributed by atoms with van der Waals surface area (Å²) in [5.74, 6) is 1.02. The molecule has 186 valence electrons. The Bertz CT molecular complexity index is 1040. The van der Waals surface area contributed by atoms with Crippen molar-refractivity contribution >= 4 is 23.3 Å². The van der Waals surface area contributed by atoms with E-state index in [0.29, 0.717) is 30.3 Å². The first-order chi connectivity index (χ1) is 17.0. The Morgan fingerprint density at radius 3 is 1.89 bits per heavy atom. The highest BCUT2D eigenvalue weighted by atomic mass is 16.2. The number of anilines is 2. The SMILES string of the molecule is CC(C)Nc1cccnc1N1CCN(C(=O)c2ccc(C(=O)N3CCN(C4CC4)CC3)cc2)CC1. The lowest BCUT2D eigenvalue weighted by molar-refractivity contribution is 0.0626. The maximum Gasteiger partial charge on any atom is 0.253 e. The number of amides is 2. The van der Waals surface area contributed by atoms with E-state index in [1.54, 1.807) is 24.3 Å². The smallest absolute Gasteiger partial charge is 0.253 e. The average Bonchev–Trinajstić information content (AvgIpc) is 3.74. The van der Waals surface area contributed by atoms with Crippen LogP contribution in [-0.4, -0.2) is 95.9 Å². The molecule has 2 aromatic rings. The summed E-state index contributed by atoms with van der Waals surface area (Å²) in [5, 5.41) is 3.46. The highest BCUT2D eigenvalue weighted by molar-refractivity contribution is 5.98. The highest BCUT2D eigenvalue weighted by Crippen LogP contribution is 2.28. The first-order valence-electron chi connectivity index (χ1n) is 12.9. The van der Waals surface area contributed by atoms with Crippen molar-refractivity contribution in [1.82, 2.24) is 19.7 Å². The third kappa shape index (κ3) is 5.42. The molecule has 1 aromatic carbocycles. The molecule has 8 nitrogen and oxygen atoms in total. The number of pyridine rings is 1. The van der Waals surface area contributed by atoms with Crippen LogP contribution in [0.15, 0.2) is 42.6 Å². The van der Waals surface area contributed by atoms with Gasteiger partial charge in [-0.15, -0.1) is 0 Å². The van der Waals surface area contributed by atoms with E-state index >= 15 is 0 Å². The van der Waals surface area contributed by atoms with Crippen molar-refractivity contribution < 1.29 is 9.59 Å². The number of nitrogens with one attached hydrogen (secondary N) is 1. The van der Waals surface area contributed by atoms with Gasteiger partial charge in [-0.25, -0.2) is 4.98 Å². The van der Waals surface area contributed by atoms with Crippen molar-refractivity contribution in [3.05, 3.63) is 53.7 Å². The fourth-order valence-corrected chi connectivity index (χ4v) is 5.04. The maximum atomic E-state index is 13.1. The van der Waals surface area contributed by atoms with Crippen molar-refractivity contribution in [2.45, 2.75) is 38.8 Å². The quantitative estimate of drug-likeness (QED) is 0.691. The molecule has 2 aliphatic heterocycles. The Balaban J connectivity index is 1.15. The predicted molar refractivity (Wildman–Crippen MR) is 138 cm³/mol. The van der Waals surface area contributed by atoms with Gasteiger partial charge in [0.2, 0.25) is 0 Å². The molecule has 0 unspecified atom stereocenters. The zero-order chi connectivity index (χ0) is 24.4. The number of rotatable bonds is 6. The maximum absolute atomic E-state index is 13.1. The standard InChI is InChI=1S/C27H36N6O2/c1-20(2)29-24-4-3-11-28-25(24)31-14-18-33(19-15-31)27(35)22-7-5-21(6-8-22)26(34)32-16-12-30(13-17-32)23-9-10-23/h3-8,11,20,23,29H,9-10,12-19H2,1-2H3. The van der Waals surface area contributed by atoms with Gasteiger partial charge in [-0.1, -0.05) is 0 Å². The molecule has 1 aromatic heterocycles. The predicted octanol–water partition coefficient (Wildman–Crippen LogP) is 2.78. The number of carbonyl (C=O) groups excluding carboxylic acids is 2. The topological polar surface area (TPSA) is 72.0 Å². The summed E-state index contributed by atoms with van der Waals surface area (Å²) in [6, 6.07) is 12.3. The second-order valence-electron chi connectivity index (χ2n) is 10.1. The van der Waals surface area contributed by atoms with Gasteiger partial charge in [0, 0.05) is 81.8 Å². The summed E-state index contributed by atoms with van der Waals surface area (Å²) in [7, 11) is 0. The average molecular weight is 477 g/mol. The molecule has 1 saturated carbocycles. The van der Waals surface area contributed by atoms with Gasteiger partial charge >= 0.3 is 0 Å². The van der Waals surface area contributed by atoms with Gasteiger partial charge in [0.25, 0.3) is 11.8 Å². The molecule has 0 spiro atoms. The molecule has 0 bridgehead atoms. The summed E-state index contributed by atoms with van der Waals surface area (Å²) in [6.07, 6.45) is 4.42.